The van der Waals surface area contributed by atoms with Crippen LogP contribution in [0.3, 0.4) is 0 Å². The van der Waals surface area contributed by atoms with Crippen molar-refractivity contribution in [2.24, 2.45) is 0 Å². The van der Waals surface area contributed by atoms with Gasteiger partial charge in [-0.2, -0.15) is 0 Å². The van der Waals surface area contributed by atoms with E-state index in [-0.39, 0.29) is 12.5 Å². The average Bonchev–Trinajstić information content (AvgIpc) is 2.91. The van der Waals surface area contributed by atoms with Crippen LogP contribution in [-0.2, 0) is 6.54 Å². The quantitative estimate of drug-likeness (QED) is 0.720. The Balaban J connectivity index is 1.77. The molecular formula is C16H11BrF2N2O. The second-order valence-electron chi connectivity index (χ2n) is 4.82. The zero-order chi connectivity index (χ0) is 15.7. The molecule has 0 saturated carbocycles. The summed E-state index contributed by atoms with van der Waals surface area (Å²) in [5, 5.41) is 3.49. The summed E-state index contributed by atoms with van der Waals surface area (Å²) >= 11 is 3.37. The first-order chi connectivity index (χ1) is 10.5. The molecule has 3 rings (SSSR count). The minimum atomic E-state index is -0.927. The van der Waals surface area contributed by atoms with Crippen molar-refractivity contribution in [2.45, 2.75) is 6.54 Å². The van der Waals surface area contributed by atoms with Crippen molar-refractivity contribution in [2.75, 3.05) is 0 Å². The molecular weight excluding hydrogens is 354 g/mol. The second kappa shape index (κ2) is 5.88. The summed E-state index contributed by atoms with van der Waals surface area (Å²) in [5.74, 6) is -2.11. The molecule has 1 amide bonds. The Bertz CT molecular complexity index is 860. The van der Waals surface area contributed by atoms with Gasteiger partial charge in [-0.15, -0.1) is 0 Å². The van der Waals surface area contributed by atoms with Gasteiger partial charge in [0.1, 0.15) is 0 Å². The molecule has 0 bridgehead atoms. The maximum Gasteiger partial charge on any atom is 0.253 e. The highest BCUT2D eigenvalue weighted by Gasteiger charge is 2.12. The Kier molecular flexibility index (Phi) is 3.94. The Morgan fingerprint density at radius 2 is 1.95 bits per heavy atom. The molecule has 3 aromatic rings. The number of hydrogen-bond donors (Lipinski definition) is 2. The topological polar surface area (TPSA) is 44.9 Å². The molecule has 2 aromatic carbocycles. The molecule has 6 heteroatoms. The van der Waals surface area contributed by atoms with E-state index < -0.39 is 11.6 Å². The van der Waals surface area contributed by atoms with Crippen LogP contribution in [0.25, 0.3) is 10.9 Å². The molecule has 1 heterocycles. The molecule has 0 fully saturated rings. The third-order valence-corrected chi connectivity index (χ3v) is 3.82. The van der Waals surface area contributed by atoms with Gasteiger partial charge < -0.3 is 10.3 Å². The van der Waals surface area contributed by atoms with Gasteiger partial charge in [0, 0.05) is 28.1 Å². The first-order valence-corrected chi connectivity index (χ1v) is 7.32. The summed E-state index contributed by atoms with van der Waals surface area (Å²) in [4.78, 5) is 15.2. The molecule has 0 aliphatic carbocycles. The number of fused-ring (bicyclic) bond motifs is 1. The van der Waals surface area contributed by atoms with Crippen LogP contribution >= 0.6 is 15.9 Å². The van der Waals surface area contributed by atoms with Gasteiger partial charge in [-0.05, 0) is 29.8 Å². The van der Waals surface area contributed by atoms with E-state index in [4.69, 9.17) is 0 Å². The first kappa shape index (κ1) is 14.7. The SMILES string of the molecule is O=C(NCc1ccc(F)c(F)c1)c1c[nH]c2cc(Br)ccc12. The third-order valence-electron chi connectivity index (χ3n) is 3.33. The van der Waals surface area contributed by atoms with Gasteiger partial charge in [0.2, 0.25) is 0 Å². The molecule has 0 unspecified atom stereocenters. The molecule has 2 N–H and O–H groups in total. The van der Waals surface area contributed by atoms with Gasteiger partial charge in [-0.3, -0.25) is 4.79 Å². The summed E-state index contributed by atoms with van der Waals surface area (Å²) in [6, 6.07) is 9.11. The predicted octanol–water partition coefficient (Wildman–Crippen LogP) is 4.14. The van der Waals surface area contributed by atoms with Gasteiger partial charge in [0.25, 0.3) is 5.91 Å². The summed E-state index contributed by atoms with van der Waals surface area (Å²) in [5.41, 5.74) is 1.84. The Morgan fingerprint density at radius 3 is 2.73 bits per heavy atom. The van der Waals surface area contributed by atoms with Crippen molar-refractivity contribution in [1.82, 2.24) is 10.3 Å². The van der Waals surface area contributed by atoms with Crippen molar-refractivity contribution in [3.05, 3.63) is 69.8 Å². The molecule has 3 nitrogen and oxygen atoms in total. The van der Waals surface area contributed by atoms with Crippen LogP contribution in [0.5, 0.6) is 0 Å². The summed E-state index contributed by atoms with van der Waals surface area (Å²) in [6.45, 7) is 0.124. The van der Waals surface area contributed by atoms with E-state index in [1.165, 1.54) is 6.07 Å². The standard InChI is InChI=1S/C16H11BrF2N2O/c17-10-2-3-11-12(8-20-15(11)6-10)16(22)21-7-9-1-4-13(18)14(19)5-9/h1-6,8,20H,7H2,(H,21,22). The minimum Gasteiger partial charge on any atom is -0.360 e. The first-order valence-electron chi connectivity index (χ1n) is 6.53. The van der Waals surface area contributed by atoms with Gasteiger partial charge in [0.05, 0.1) is 5.56 Å². The number of amides is 1. The molecule has 0 radical (unpaired) electrons. The van der Waals surface area contributed by atoms with Crippen LogP contribution in [0.2, 0.25) is 0 Å². The average molecular weight is 365 g/mol. The van der Waals surface area contributed by atoms with E-state index >= 15 is 0 Å². The smallest absolute Gasteiger partial charge is 0.253 e. The monoisotopic (exact) mass is 364 g/mol. The zero-order valence-corrected chi connectivity index (χ0v) is 12.9. The number of carbonyl (C=O) groups excluding carboxylic acids is 1. The normalized spacial score (nSPS) is 10.9. The fourth-order valence-electron chi connectivity index (χ4n) is 2.21. The largest absolute Gasteiger partial charge is 0.360 e. The lowest BCUT2D eigenvalue weighted by atomic mass is 10.1. The van der Waals surface area contributed by atoms with Crippen LogP contribution < -0.4 is 5.32 Å². The van der Waals surface area contributed by atoms with E-state index in [9.17, 15) is 13.6 Å². The van der Waals surface area contributed by atoms with Crippen molar-refractivity contribution in [3.8, 4) is 0 Å². The highest BCUT2D eigenvalue weighted by atomic mass is 79.9. The van der Waals surface area contributed by atoms with Crippen molar-refractivity contribution < 1.29 is 13.6 Å². The Labute approximate surface area is 133 Å². The van der Waals surface area contributed by atoms with E-state index in [2.05, 4.69) is 26.2 Å². The number of aromatic nitrogens is 1. The maximum absolute atomic E-state index is 13.1. The third kappa shape index (κ3) is 2.87. The van der Waals surface area contributed by atoms with Crippen LogP contribution in [0, 0.1) is 11.6 Å². The van der Waals surface area contributed by atoms with Crippen LogP contribution in [-0.4, -0.2) is 10.9 Å². The molecule has 0 spiro atoms. The van der Waals surface area contributed by atoms with Gasteiger partial charge in [-0.1, -0.05) is 28.1 Å². The van der Waals surface area contributed by atoms with Crippen LogP contribution in [0.1, 0.15) is 15.9 Å². The number of halogens is 3. The maximum atomic E-state index is 13.1. The molecule has 112 valence electrons. The second-order valence-corrected chi connectivity index (χ2v) is 5.74. The van der Waals surface area contributed by atoms with Crippen LogP contribution in [0.15, 0.2) is 47.1 Å². The van der Waals surface area contributed by atoms with Gasteiger partial charge in [0.15, 0.2) is 11.6 Å². The number of H-pyrrole nitrogens is 1. The molecule has 22 heavy (non-hydrogen) atoms. The molecule has 0 aliphatic heterocycles. The summed E-state index contributed by atoms with van der Waals surface area (Å²) in [6.07, 6.45) is 1.62. The minimum absolute atomic E-state index is 0.124. The molecule has 0 atom stereocenters. The molecule has 0 aliphatic rings. The fourth-order valence-corrected chi connectivity index (χ4v) is 2.57. The lowest BCUT2D eigenvalue weighted by Crippen LogP contribution is -2.22. The van der Waals surface area contributed by atoms with E-state index in [1.54, 1.807) is 6.20 Å². The Morgan fingerprint density at radius 1 is 1.14 bits per heavy atom. The lowest BCUT2D eigenvalue weighted by molar-refractivity contribution is 0.0952. The van der Waals surface area contributed by atoms with Gasteiger partial charge >= 0.3 is 0 Å². The number of carbonyl (C=O) groups is 1. The van der Waals surface area contributed by atoms with Crippen LogP contribution in [0.4, 0.5) is 8.78 Å². The molecule has 1 aromatic heterocycles. The summed E-state index contributed by atoms with van der Waals surface area (Å²) < 4.78 is 26.9. The fraction of sp³-hybridized carbons (Fsp3) is 0.0625. The highest BCUT2D eigenvalue weighted by Crippen LogP contribution is 2.22. The summed E-state index contributed by atoms with van der Waals surface area (Å²) in [7, 11) is 0. The number of hydrogen-bond acceptors (Lipinski definition) is 1. The zero-order valence-electron chi connectivity index (χ0n) is 11.3. The van der Waals surface area contributed by atoms with Gasteiger partial charge in [-0.25, -0.2) is 8.78 Å². The van der Waals surface area contributed by atoms with Crippen molar-refractivity contribution >= 4 is 32.7 Å². The number of nitrogens with one attached hydrogen (secondary N) is 2. The number of benzene rings is 2. The highest BCUT2D eigenvalue weighted by molar-refractivity contribution is 9.10. The van der Waals surface area contributed by atoms with E-state index in [1.807, 2.05) is 18.2 Å². The Hall–Kier alpha value is -2.21. The van der Waals surface area contributed by atoms with Crippen molar-refractivity contribution in [1.29, 1.82) is 0 Å². The lowest BCUT2D eigenvalue weighted by Gasteiger charge is -2.05. The van der Waals surface area contributed by atoms with Crippen molar-refractivity contribution in [3.63, 3.8) is 0 Å². The molecule has 0 saturated heterocycles. The van der Waals surface area contributed by atoms with E-state index in [0.29, 0.717) is 11.1 Å². The number of aromatic amines is 1. The van der Waals surface area contributed by atoms with E-state index in [0.717, 1.165) is 27.5 Å². The number of rotatable bonds is 3. The predicted molar refractivity (Wildman–Crippen MR) is 83.5 cm³/mol.